The van der Waals surface area contributed by atoms with Gasteiger partial charge in [-0.15, -0.1) is 0 Å². The summed E-state index contributed by atoms with van der Waals surface area (Å²) in [6.45, 7) is 9.25. The molecule has 0 unspecified atom stereocenters. The predicted octanol–water partition coefficient (Wildman–Crippen LogP) is 4.06. The molecule has 0 aliphatic rings. The van der Waals surface area contributed by atoms with Gasteiger partial charge >= 0.3 is 5.69 Å². The third kappa shape index (κ3) is 5.61. The molecule has 8 nitrogen and oxygen atoms in total. The Labute approximate surface area is 194 Å². The Morgan fingerprint density at radius 3 is 2.33 bits per heavy atom. The van der Waals surface area contributed by atoms with E-state index < -0.39 is 11.2 Å². The summed E-state index contributed by atoms with van der Waals surface area (Å²) in [5.41, 5.74) is 2.86. The van der Waals surface area contributed by atoms with Crippen LogP contribution < -0.4 is 16.6 Å². The van der Waals surface area contributed by atoms with Gasteiger partial charge in [-0.25, -0.2) is 9.78 Å². The molecule has 2 N–H and O–H groups in total. The number of aromatic amines is 1. The first-order valence-electron chi connectivity index (χ1n) is 12.0. The number of fused-ring (bicyclic) bond motifs is 1. The SMILES string of the molecule is CCCCCn1c(CCC(=O)Nc2c(C)cccc2C)nc2c1c(=O)[nH]c(=O)n2CCCC. The maximum atomic E-state index is 12.7. The lowest BCUT2D eigenvalue weighted by Gasteiger charge is -2.12. The number of nitrogens with zero attached hydrogens (tertiary/aromatic N) is 3. The molecule has 1 aromatic carbocycles. The molecule has 0 fully saturated rings. The second-order valence-corrected chi connectivity index (χ2v) is 8.64. The Balaban J connectivity index is 1.92. The molecule has 3 aromatic rings. The number of amides is 1. The smallest absolute Gasteiger partial charge is 0.326 e. The zero-order valence-corrected chi connectivity index (χ0v) is 20.2. The molecule has 0 radical (unpaired) electrons. The van der Waals surface area contributed by atoms with Crippen molar-refractivity contribution in [3.8, 4) is 0 Å². The first-order valence-corrected chi connectivity index (χ1v) is 12.0. The highest BCUT2D eigenvalue weighted by Crippen LogP contribution is 2.20. The Hall–Kier alpha value is -3.16. The second-order valence-electron chi connectivity index (χ2n) is 8.64. The molecule has 0 saturated carbocycles. The minimum atomic E-state index is -0.432. The zero-order valence-electron chi connectivity index (χ0n) is 20.2. The number of hydrogen-bond acceptors (Lipinski definition) is 4. The van der Waals surface area contributed by atoms with Gasteiger partial charge < -0.3 is 9.88 Å². The van der Waals surface area contributed by atoms with Crippen LogP contribution >= 0.6 is 0 Å². The number of anilines is 1. The Morgan fingerprint density at radius 1 is 1.00 bits per heavy atom. The van der Waals surface area contributed by atoms with Crippen LogP contribution in [0.2, 0.25) is 0 Å². The van der Waals surface area contributed by atoms with Gasteiger partial charge in [0.2, 0.25) is 5.91 Å². The van der Waals surface area contributed by atoms with Crippen LogP contribution in [0, 0.1) is 13.8 Å². The van der Waals surface area contributed by atoms with Crippen molar-refractivity contribution in [1.82, 2.24) is 19.1 Å². The molecule has 0 aliphatic carbocycles. The van der Waals surface area contributed by atoms with E-state index in [9.17, 15) is 14.4 Å². The van der Waals surface area contributed by atoms with Crippen molar-refractivity contribution < 1.29 is 4.79 Å². The van der Waals surface area contributed by atoms with Crippen molar-refractivity contribution in [3.05, 3.63) is 56.0 Å². The van der Waals surface area contributed by atoms with Crippen LogP contribution in [0.1, 0.15) is 69.3 Å². The fraction of sp³-hybridized carbons (Fsp3) is 0.520. The van der Waals surface area contributed by atoms with E-state index in [0.717, 1.165) is 48.9 Å². The number of aromatic nitrogens is 4. The average molecular weight is 454 g/mol. The molecule has 3 rings (SSSR count). The first kappa shape index (κ1) is 24.5. The summed E-state index contributed by atoms with van der Waals surface area (Å²) < 4.78 is 3.45. The fourth-order valence-electron chi connectivity index (χ4n) is 4.13. The largest absolute Gasteiger partial charge is 0.330 e. The number of benzene rings is 1. The van der Waals surface area contributed by atoms with Crippen molar-refractivity contribution >= 4 is 22.8 Å². The Bertz CT molecular complexity index is 1220. The van der Waals surface area contributed by atoms with E-state index in [1.807, 2.05) is 36.6 Å². The van der Waals surface area contributed by atoms with Crippen LogP contribution in [0.4, 0.5) is 5.69 Å². The standard InChI is InChI=1S/C25H35N5O3/c1-5-7-9-16-29-19(13-14-20(31)27-21-17(3)11-10-12-18(21)4)26-23-22(29)24(32)28-25(33)30(23)15-8-6-2/h10-12H,5-9,13-16H2,1-4H3,(H,27,31)(H,28,32,33). The van der Waals surface area contributed by atoms with Gasteiger partial charge in [0.25, 0.3) is 5.56 Å². The fourth-order valence-corrected chi connectivity index (χ4v) is 4.13. The number of H-pyrrole nitrogens is 1. The van der Waals surface area contributed by atoms with Gasteiger partial charge in [0.05, 0.1) is 0 Å². The number of carbonyl (C=O) groups is 1. The van der Waals surface area contributed by atoms with Crippen LogP contribution in [-0.2, 0) is 24.3 Å². The van der Waals surface area contributed by atoms with E-state index >= 15 is 0 Å². The van der Waals surface area contributed by atoms with Gasteiger partial charge in [-0.2, -0.15) is 0 Å². The van der Waals surface area contributed by atoms with Gasteiger partial charge in [-0.05, 0) is 37.8 Å². The lowest BCUT2D eigenvalue weighted by atomic mass is 10.1. The van der Waals surface area contributed by atoms with Crippen molar-refractivity contribution in [2.75, 3.05) is 5.32 Å². The maximum Gasteiger partial charge on any atom is 0.330 e. The number of unbranched alkanes of at least 4 members (excludes halogenated alkanes) is 3. The minimum Gasteiger partial charge on any atom is -0.326 e. The van der Waals surface area contributed by atoms with Crippen molar-refractivity contribution in [2.45, 2.75) is 85.7 Å². The topological polar surface area (TPSA) is 102 Å². The number of imidazole rings is 1. The van der Waals surface area contributed by atoms with E-state index in [-0.39, 0.29) is 12.3 Å². The monoisotopic (exact) mass is 453 g/mol. The highest BCUT2D eigenvalue weighted by atomic mass is 16.2. The molecule has 1 amide bonds. The summed E-state index contributed by atoms with van der Waals surface area (Å²) in [5.74, 6) is 0.566. The molecule has 0 bridgehead atoms. The third-order valence-electron chi connectivity index (χ3n) is 6.01. The summed E-state index contributed by atoms with van der Waals surface area (Å²) in [4.78, 5) is 45.1. The summed E-state index contributed by atoms with van der Waals surface area (Å²) in [5, 5.41) is 3.01. The average Bonchev–Trinajstić information content (AvgIpc) is 3.14. The highest BCUT2D eigenvalue weighted by Gasteiger charge is 2.19. The minimum absolute atomic E-state index is 0.100. The second kappa shape index (κ2) is 11.1. The molecular weight excluding hydrogens is 418 g/mol. The molecule has 0 aliphatic heterocycles. The maximum absolute atomic E-state index is 12.7. The van der Waals surface area contributed by atoms with Crippen LogP contribution in [0.15, 0.2) is 27.8 Å². The van der Waals surface area contributed by atoms with E-state index in [1.165, 1.54) is 0 Å². The highest BCUT2D eigenvalue weighted by molar-refractivity contribution is 5.92. The normalized spacial score (nSPS) is 11.3. The number of rotatable bonds is 11. The number of hydrogen-bond donors (Lipinski definition) is 2. The van der Waals surface area contributed by atoms with Gasteiger partial charge in [0, 0.05) is 31.6 Å². The number of para-hydroxylation sites is 1. The van der Waals surface area contributed by atoms with Gasteiger partial charge in [-0.3, -0.25) is 19.1 Å². The summed E-state index contributed by atoms with van der Waals surface area (Å²) in [7, 11) is 0. The van der Waals surface area contributed by atoms with Crippen molar-refractivity contribution in [2.24, 2.45) is 0 Å². The van der Waals surface area contributed by atoms with Crippen LogP contribution in [-0.4, -0.2) is 25.0 Å². The van der Waals surface area contributed by atoms with Crippen molar-refractivity contribution in [3.63, 3.8) is 0 Å². The molecule has 2 heterocycles. The molecule has 0 saturated heterocycles. The van der Waals surface area contributed by atoms with Crippen LogP contribution in [0.25, 0.3) is 11.2 Å². The Kier molecular flexibility index (Phi) is 8.25. The molecule has 33 heavy (non-hydrogen) atoms. The number of carbonyl (C=O) groups excluding carboxylic acids is 1. The lowest BCUT2D eigenvalue weighted by Crippen LogP contribution is -2.31. The molecule has 0 atom stereocenters. The van der Waals surface area contributed by atoms with Gasteiger partial charge in [-0.1, -0.05) is 51.3 Å². The molecular formula is C25H35N5O3. The van der Waals surface area contributed by atoms with E-state index in [2.05, 4.69) is 24.1 Å². The van der Waals surface area contributed by atoms with E-state index in [4.69, 9.17) is 4.98 Å². The Morgan fingerprint density at radius 2 is 1.67 bits per heavy atom. The van der Waals surface area contributed by atoms with Crippen molar-refractivity contribution in [1.29, 1.82) is 0 Å². The first-order chi connectivity index (χ1) is 15.9. The lowest BCUT2D eigenvalue weighted by molar-refractivity contribution is -0.116. The zero-order chi connectivity index (χ0) is 24.0. The summed E-state index contributed by atoms with van der Waals surface area (Å²) in [6, 6.07) is 5.91. The molecule has 0 spiro atoms. The molecule has 8 heteroatoms. The van der Waals surface area contributed by atoms with E-state index in [0.29, 0.717) is 36.5 Å². The van der Waals surface area contributed by atoms with Gasteiger partial charge in [0.1, 0.15) is 5.82 Å². The quantitative estimate of drug-likeness (QED) is 0.427. The summed E-state index contributed by atoms with van der Waals surface area (Å²) >= 11 is 0. The number of aryl methyl sites for hydroxylation is 5. The van der Waals surface area contributed by atoms with Gasteiger partial charge in [0.15, 0.2) is 11.2 Å². The third-order valence-corrected chi connectivity index (χ3v) is 6.01. The van der Waals surface area contributed by atoms with E-state index in [1.54, 1.807) is 4.57 Å². The van der Waals surface area contributed by atoms with Crippen LogP contribution in [0.3, 0.4) is 0 Å². The molecule has 2 aromatic heterocycles. The summed E-state index contributed by atoms with van der Waals surface area (Å²) in [6.07, 6.45) is 5.35. The number of nitrogens with one attached hydrogen (secondary N) is 2. The van der Waals surface area contributed by atoms with Crippen LogP contribution in [0.5, 0.6) is 0 Å². The molecule has 178 valence electrons. The predicted molar refractivity (Wildman–Crippen MR) is 132 cm³/mol.